The summed E-state index contributed by atoms with van der Waals surface area (Å²) in [5.74, 6) is -3.03. The minimum atomic E-state index is -0.670. The van der Waals surface area contributed by atoms with Crippen molar-refractivity contribution in [2.75, 3.05) is 6.61 Å². The second-order valence-electron chi connectivity index (χ2n) is 11.0. The maximum atomic E-state index is 15.0. The Hall–Kier alpha value is -2.14. The quantitative estimate of drug-likeness (QED) is 0.251. The fourth-order valence-corrected chi connectivity index (χ4v) is 6.44. The van der Waals surface area contributed by atoms with Crippen molar-refractivity contribution in [2.45, 2.75) is 70.8 Å². The van der Waals surface area contributed by atoms with Gasteiger partial charge in [0.2, 0.25) is 0 Å². The van der Waals surface area contributed by atoms with Crippen molar-refractivity contribution in [1.29, 1.82) is 0 Å². The van der Waals surface area contributed by atoms with Gasteiger partial charge in [-0.2, -0.15) is 0 Å². The van der Waals surface area contributed by atoms with Crippen molar-refractivity contribution in [3.63, 3.8) is 0 Å². The molecule has 4 unspecified atom stereocenters. The van der Waals surface area contributed by atoms with E-state index in [1.165, 1.54) is 0 Å². The molecule has 1 nitrogen and oxygen atoms in total. The summed E-state index contributed by atoms with van der Waals surface area (Å²) >= 11 is 0. The zero-order chi connectivity index (χ0) is 25.2. The maximum absolute atomic E-state index is 15.0. The number of rotatable bonds is 7. The van der Waals surface area contributed by atoms with E-state index >= 15 is 4.39 Å². The van der Waals surface area contributed by atoms with Crippen LogP contribution in [0.1, 0.15) is 64.7 Å². The Labute approximate surface area is 212 Å². The molecule has 0 amide bonds. The molecular formula is C31H36F4O. The third kappa shape index (κ3) is 5.41. The molecule has 1 saturated heterocycles. The van der Waals surface area contributed by atoms with Crippen molar-refractivity contribution < 1.29 is 22.3 Å². The molecule has 4 aliphatic carbocycles. The van der Waals surface area contributed by atoms with Crippen LogP contribution in [0.4, 0.5) is 17.6 Å². The van der Waals surface area contributed by atoms with Gasteiger partial charge < -0.3 is 4.74 Å². The predicted molar refractivity (Wildman–Crippen MR) is 135 cm³/mol. The van der Waals surface area contributed by atoms with Crippen molar-refractivity contribution >= 4 is 0 Å². The van der Waals surface area contributed by atoms with Gasteiger partial charge in [0.1, 0.15) is 11.7 Å². The number of allylic oxidation sites excluding steroid dienone is 13. The average molecular weight is 501 g/mol. The van der Waals surface area contributed by atoms with Crippen molar-refractivity contribution in [3.8, 4) is 0 Å². The number of hydrogen-bond donors (Lipinski definition) is 0. The van der Waals surface area contributed by atoms with Crippen LogP contribution in [-0.2, 0) is 4.74 Å². The Bertz CT molecular complexity index is 1060. The molecule has 0 N–H and O–H groups in total. The van der Waals surface area contributed by atoms with Gasteiger partial charge in [0.15, 0.2) is 11.7 Å². The SMILES string of the molecule is C/C=C/C1=CCC(C2CC=C(CCC3CCC(C4=CCC(C5CO5)C(F)=C4F)CC3)C(F)=C2F)C=C1. The van der Waals surface area contributed by atoms with E-state index in [1.807, 2.05) is 43.4 Å². The van der Waals surface area contributed by atoms with Crippen molar-refractivity contribution in [3.05, 3.63) is 82.6 Å². The Kier molecular flexibility index (Phi) is 7.85. The first-order valence-electron chi connectivity index (χ1n) is 13.6. The van der Waals surface area contributed by atoms with Gasteiger partial charge in [0.25, 0.3) is 0 Å². The lowest BCUT2D eigenvalue weighted by molar-refractivity contribution is 0.272. The maximum Gasteiger partial charge on any atom is 0.158 e. The molecule has 0 radical (unpaired) electrons. The molecule has 4 atom stereocenters. The van der Waals surface area contributed by atoms with E-state index in [0.29, 0.717) is 42.9 Å². The molecule has 194 valence electrons. The smallest absolute Gasteiger partial charge is 0.158 e. The van der Waals surface area contributed by atoms with Crippen molar-refractivity contribution in [2.24, 2.45) is 29.6 Å². The number of hydrogen-bond acceptors (Lipinski definition) is 1. The lowest BCUT2D eigenvalue weighted by atomic mass is 9.74. The highest BCUT2D eigenvalue weighted by molar-refractivity contribution is 5.38. The summed E-state index contributed by atoms with van der Waals surface area (Å²) in [5.41, 5.74) is 2.14. The number of epoxide rings is 1. The third-order valence-corrected chi connectivity index (χ3v) is 8.77. The van der Waals surface area contributed by atoms with Gasteiger partial charge in [-0.05, 0) is 99.2 Å². The average Bonchev–Trinajstić information content (AvgIpc) is 3.73. The van der Waals surface area contributed by atoms with Gasteiger partial charge >= 0.3 is 0 Å². The van der Waals surface area contributed by atoms with Gasteiger partial charge in [0, 0.05) is 11.8 Å². The minimum Gasteiger partial charge on any atom is -0.372 e. The van der Waals surface area contributed by atoms with Crippen LogP contribution in [0.2, 0.25) is 0 Å². The Morgan fingerprint density at radius 1 is 0.889 bits per heavy atom. The Balaban J connectivity index is 1.10. The van der Waals surface area contributed by atoms with E-state index in [9.17, 15) is 13.2 Å². The largest absolute Gasteiger partial charge is 0.372 e. The standard InChI is InChI=1S/C31H36F4O/c1-2-3-19-4-9-21(10-5-19)24-15-14-23(28(32)29(24)33)13-8-20-6-11-22(12-7-20)25-16-17-26(27-18-36-27)31(35)30(25)34/h2-5,9,14,16,20-22,24,26-27H,6-8,10-13,15,17-18H2,1H3/b3-2+. The molecule has 0 spiro atoms. The van der Waals surface area contributed by atoms with E-state index in [-0.39, 0.29) is 17.9 Å². The lowest BCUT2D eigenvalue weighted by Crippen LogP contribution is -2.21. The Morgan fingerprint density at radius 2 is 1.61 bits per heavy atom. The van der Waals surface area contributed by atoms with Crippen LogP contribution in [0.25, 0.3) is 0 Å². The summed E-state index contributed by atoms with van der Waals surface area (Å²) in [5, 5.41) is 0. The van der Waals surface area contributed by atoms with Crippen LogP contribution >= 0.6 is 0 Å². The Morgan fingerprint density at radius 3 is 2.28 bits per heavy atom. The van der Waals surface area contributed by atoms with Crippen LogP contribution in [0, 0.1) is 29.6 Å². The highest BCUT2D eigenvalue weighted by Crippen LogP contribution is 2.46. The second-order valence-corrected chi connectivity index (χ2v) is 11.0. The van der Waals surface area contributed by atoms with Gasteiger partial charge in [-0.3, -0.25) is 0 Å². The summed E-state index contributed by atoms with van der Waals surface area (Å²) in [6, 6.07) is 0. The van der Waals surface area contributed by atoms with E-state index in [4.69, 9.17) is 4.74 Å². The molecule has 2 fully saturated rings. The highest BCUT2D eigenvalue weighted by Gasteiger charge is 2.40. The van der Waals surface area contributed by atoms with Crippen LogP contribution in [0.5, 0.6) is 0 Å². The van der Waals surface area contributed by atoms with Gasteiger partial charge in [-0.15, -0.1) is 0 Å². The molecule has 5 heteroatoms. The van der Waals surface area contributed by atoms with Crippen molar-refractivity contribution in [1.82, 2.24) is 0 Å². The van der Waals surface area contributed by atoms with E-state index in [0.717, 1.165) is 44.1 Å². The molecule has 0 aromatic rings. The lowest BCUT2D eigenvalue weighted by Gasteiger charge is -2.32. The molecule has 5 rings (SSSR count). The molecule has 5 aliphatic rings. The highest BCUT2D eigenvalue weighted by atomic mass is 19.2. The van der Waals surface area contributed by atoms with Gasteiger partial charge in [-0.25, -0.2) is 17.6 Å². The van der Waals surface area contributed by atoms with Crippen LogP contribution in [-0.4, -0.2) is 12.7 Å². The first-order valence-corrected chi connectivity index (χ1v) is 13.6. The van der Waals surface area contributed by atoms with Crippen LogP contribution in [0.3, 0.4) is 0 Å². The number of ether oxygens (including phenoxy) is 1. The zero-order valence-corrected chi connectivity index (χ0v) is 21.0. The fourth-order valence-electron chi connectivity index (χ4n) is 6.44. The van der Waals surface area contributed by atoms with Crippen LogP contribution < -0.4 is 0 Å². The van der Waals surface area contributed by atoms with Gasteiger partial charge in [0.05, 0.1) is 12.7 Å². The molecule has 0 aromatic heterocycles. The molecule has 1 heterocycles. The topological polar surface area (TPSA) is 12.5 Å². The predicted octanol–water partition coefficient (Wildman–Crippen LogP) is 9.24. The van der Waals surface area contributed by atoms with Crippen LogP contribution in [0.15, 0.2) is 82.6 Å². The summed E-state index contributed by atoms with van der Waals surface area (Å²) < 4.78 is 64.4. The number of halogens is 4. The first-order chi connectivity index (χ1) is 17.5. The van der Waals surface area contributed by atoms with E-state index in [1.54, 1.807) is 0 Å². The third-order valence-electron chi connectivity index (χ3n) is 8.77. The molecular weight excluding hydrogens is 464 g/mol. The summed E-state index contributed by atoms with van der Waals surface area (Å²) in [6.07, 6.45) is 20.2. The minimum absolute atomic E-state index is 0.0155. The fraction of sp³-hybridized carbons (Fsp3) is 0.548. The molecule has 36 heavy (non-hydrogen) atoms. The van der Waals surface area contributed by atoms with Gasteiger partial charge in [-0.1, -0.05) is 42.5 Å². The summed E-state index contributed by atoms with van der Waals surface area (Å²) in [7, 11) is 0. The monoisotopic (exact) mass is 500 g/mol. The molecule has 0 aromatic carbocycles. The zero-order valence-electron chi connectivity index (χ0n) is 21.0. The molecule has 1 aliphatic heterocycles. The summed E-state index contributed by atoms with van der Waals surface area (Å²) in [4.78, 5) is 0. The summed E-state index contributed by atoms with van der Waals surface area (Å²) in [6.45, 7) is 2.48. The normalized spacial score (nSPS) is 35.2. The van der Waals surface area contributed by atoms with E-state index in [2.05, 4.69) is 6.08 Å². The first kappa shape index (κ1) is 25.5. The molecule has 1 saturated carbocycles. The molecule has 0 bridgehead atoms. The van der Waals surface area contributed by atoms with E-state index < -0.39 is 35.1 Å². The second kappa shape index (κ2) is 11.1.